The second kappa shape index (κ2) is 23.3. The predicted molar refractivity (Wildman–Crippen MR) is 426 cm³/mol. The van der Waals surface area contributed by atoms with Crippen molar-refractivity contribution in [2.45, 2.75) is 0 Å². The van der Waals surface area contributed by atoms with Gasteiger partial charge in [-0.1, -0.05) is 321 Å². The average Bonchev–Trinajstić information content (AvgIpc) is 0.944. The van der Waals surface area contributed by atoms with E-state index in [1.165, 1.54) is 54.6 Å². The minimum atomic E-state index is -0.418. The summed E-state index contributed by atoms with van der Waals surface area (Å²) in [5.74, 6) is 0. The van der Waals surface area contributed by atoms with Gasteiger partial charge in [-0.05, 0) is 195 Å². The fraction of sp³-hybridized carbons (Fsp3) is 0. The van der Waals surface area contributed by atoms with Crippen molar-refractivity contribution in [3.63, 3.8) is 0 Å². The van der Waals surface area contributed by atoms with Gasteiger partial charge in [0, 0.05) is 32.7 Å². The molecule has 2 aromatic heterocycles. The van der Waals surface area contributed by atoms with E-state index in [0.29, 0.717) is 22.3 Å². The molecular weight excluding hydrogens is 1210 g/mol. The molecule has 0 radical (unpaired) electrons. The predicted octanol–water partition coefficient (Wildman–Crippen LogP) is 28.1. The van der Waals surface area contributed by atoms with E-state index in [0.717, 1.165) is 120 Å². The molecule has 0 bridgehead atoms. The lowest BCUT2D eigenvalue weighted by Crippen LogP contribution is -1.92. The van der Waals surface area contributed by atoms with Crippen molar-refractivity contribution in [3.05, 3.63) is 364 Å². The van der Waals surface area contributed by atoms with Gasteiger partial charge < -0.3 is 8.83 Å². The summed E-state index contributed by atoms with van der Waals surface area (Å²) in [7, 11) is 0. The van der Waals surface area contributed by atoms with Gasteiger partial charge in [-0.2, -0.15) is 0 Å². The number of hydrogen-bond donors (Lipinski definition) is 0. The Morgan fingerprint density at radius 2 is 0.540 bits per heavy atom. The van der Waals surface area contributed by atoms with Gasteiger partial charge in [-0.15, -0.1) is 0 Å². The molecule has 2 heteroatoms. The molecule has 21 aromatic rings. The van der Waals surface area contributed by atoms with Gasteiger partial charge in [0.1, 0.15) is 22.3 Å². The Bertz CT molecular complexity index is 7370. The van der Waals surface area contributed by atoms with Gasteiger partial charge in [0.25, 0.3) is 0 Å². The second-order valence-electron chi connectivity index (χ2n) is 25.6. The van der Waals surface area contributed by atoms with E-state index in [4.69, 9.17) is 22.5 Å². The highest BCUT2D eigenvalue weighted by atomic mass is 16.3. The van der Waals surface area contributed by atoms with Crippen molar-refractivity contribution < 1.29 is 22.5 Å². The molecule has 0 spiro atoms. The smallest absolute Gasteiger partial charge is 0.143 e. The van der Waals surface area contributed by atoms with E-state index in [9.17, 15) is 0 Å². The maximum Gasteiger partial charge on any atom is 0.143 e. The number of rotatable bonds is 7. The average molecular weight is 1280 g/mol. The normalized spacial score (nSPS) is 13.2. The Morgan fingerprint density at radius 3 is 1.06 bits per heavy atom. The molecule has 0 saturated carbocycles. The van der Waals surface area contributed by atoms with Crippen LogP contribution < -0.4 is 0 Å². The van der Waals surface area contributed by atoms with Gasteiger partial charge in [0.15, 0.2) is 0 Å². The second-order valence-corrected chi connectivity index (χ2v) is 25.6. The highest BCUT2D eigenvalue weighted by Crippen LogP contribution is 2.50. The monoisotopic (exact) mass is 1280 g/mol. The Hall–Kier alpha value is -13.1. The zero-order valence-electron chi connectivity index (χ0n) is 63.7. The molecule has 0 unspecified atom stereocenters. The minimum Gasteiger partial charge on any atom is -0.455 e. The molecule has 100 heavy (non-hydrogen) atoms. The quantitative estimate of drug-likeness (QED) is 0.117. The van der Waals surface area contributed by atoms with Crippen LogP contribution in [0.1, 0.15) is 13.7 Å². The van der Waals surface area contributed by atoms with Crippen molar-refractivity contribution >= 4 is 130 Å². The molecular formula is C98H60O2. The molecule has 0 fully saturated rings. The van der Waals surface area contributed by atoms with Crippen LogP contribution in [0.15, 0.2) is 373 Å². The molecule has 0 aliphatic rings. The summed E-state index contributed by atoms with van der Waals surface area (Å²) in [5.41, 5.74) is 15.3. The molecule has 0 aliphatic carbocycles. The third kappa shape index (κ3) is 9.19. The van der Waals surface area contributed by atoms with E-state index in [2.05, 4.69) is 218 Å². The summed E-state index contributed by atoms with van der Waals surface area (Å²) in [6.45, 7) is 0. The Kier molecular flexibility index (Phi) is 11.1. The van der Waals surface area contributed by atoms with E-state index in [-0.39, 0.29) is 59.5 Å². The lowest BCUT2D eigenvalue weighted by atomic mass is 9.83. The van der Waals surface area contributed by atoms with Crippen molar-refractivity contribution in [3.8, 4) is 77.9 Å². The molecule has 0 saturated heterocycles. The number of hydrogen-bond acceptors (Lipinski definition) is 2. The maximum absolute atomic E-state index is 8.93. The molecule has 2 heterocycles. The largest absolute Gasteiger partial charge is 0.455 e. The van der Waals surface area contributed by atoms with Crippen LogP contribution in [-0.2, 0) is 0 Å². The molecule has 21 rings (SSSR count). The summed E-state index contributed by atoms with van der Waals surface area (Å²) >= 11 is 0. The highest BCUT2D eigenvalue weighted by molar-refractivity contribution is 6.28. The number of fused-ring (bicyclic) bond motifs is 16. The van der Waals surface area contributed by atoms with Crippen LogP contribution in [0.3, 0.4) is 0 Å². The van der Waals surface area contributed by atoms with Crippen LogP contribution in [-0.4, -0.2) is 0 Å². The Balaban J connectivity index is 0.000000145. The number of para-hydroxylation sites is 3. The van der Waals surface area contributed by atoms with Gasteiger partial charge in [0.05, 0.1) is 13.7 Å². The fourth-order valence-corrected chi connectivity index (χ4v) is 15.9. The summed E-state index contributed by atoms with van der Waals surface area (Å²) in [5, 5.41) is 21.4. The van der Waals surface area contributed by atoms with Crippen LogP contribution >= 0.6 is 0 Å². The van der Waals surface area contributed by atoms with Crippen LogP contribution in [0, 0.1) is 0 Å². The SMILES string of the molecule is [2H]c1c([2H])c([2H])c(-c2c3ccccc3c(-c3cc4ccccc4c4cc(-c5cccc6c5oc5ccccc56)ccc34)c3ccccc23)c([2H])c1[2H].[2H]c1c([2H])c([2H])c(-c2cccc3c2oc2cc(-c4ccc5c(-c6c7ccccc7c(-c7ccccc7)c7ccccc67)cc6ccccc6c5c4)ccc23)c([2H])c1[2H]. The standard InChI is InChI=1S/C52H32O.C46H28O/c1-3-14-33(15-4-1)39-24-13-25-46-41-29-27-36(32-49(41)53-52(39)46)35-26-28-40-47(30-35)38-19-8-7-18-37(38)31-48(40)51-44-22-11-9-20-42(44)50(34-16-5-2-6-17-34)43-21-10-12-23-45(43)51;1-2-13-29(14-3-1)44-36-18-6-8-20-38(36)45(39-21-9-7-19-37(39)44)42-28-30-15-4-5-16-32(30)41-27-31(25-26-34(41)42)33-22-12-23-40-35-17-10-11-24-43(35)47-46(33)40/h1-32H;1-28H/i1D,3D,4D,14D,15D;1D,2D,3D,13D,14D. The maximum atomic E-state index is 8.93. The van der Waals surface area contributed by atoms with Crippen LogP contribution in [0.2, 0.25) is 0 Å². The Morgan fingerprint density at radius 1 is 0.180 bits per heavy atom. The summed E-state index contributed by atoms with van der Waals surface area (Å²) < 4.78 is 98.0. The first-order valence-electron chi connectivity index (χ1n) is 38.6. The first-order chi connectivity index (χ1) is 53.8. The summed E-state index contributed by atoms with van der Waals surface area (Å²) in [4.78, 5) is 0. The van der Waals surface area contributed by atoms with E-state index in [1.54, 1.807) is 6.07 Å². The highest BCUT2D eigenvalue weighted by Gasteiger charge is 2.23. The zero-order valence-corrected chi connectivity index (χ0v) is 53.7. The van der Waals surface area contributed by atoms with Gasteiger partial charge in [-0.25, -0.2) is 0 Å². The van der Waals surface area contributed by atoms with E-state index in [1.807, 2.05) is 78.9 Å². The van der Waals surface area contributed by atoms with Crippen LogP contribution in [0.4, 0.5) is 0 Å². The molecule has 0 atom stereocenters. The topological polar surface area (TPSA) is 26.3 Å². The van der Waals surface area contributed by atoms with Gasteiger partial charge in [0.2, 0.25) is 0 Å². The first-order valence-corrected chi connectivity index (χ1v) is 33.6. The number of furan rings is 2. The van der Waals surface area contributed by atoms with E-state index < -0.39 is 12.1 Å². The van der Waals surface area contributed by atoms with Crippen LogP contribution in [0.5, 0.6) is 0 Å². The van der Waals surface area contributed by atoms with Gasteiger partial charge >= 0.3 is 0 Å². The third-order valence-electron chi connectivity index (χ3n) is 20.3. The lowest BCUT2D eigenvalue weighted by Gasteiger charge is -2.20. The molecule has 0 N–H and O–H groups in total. The zero-order chi connectivity index (χ0) is 74.5. The summed E-state index contributed by atoms with van der Waals surface area (Å²) in [6, 6.07) is 102. The summed E-state index contributed by atoms with van der Waals surface area (Å²) in [6.07, 6.45) is 0. The Labute approximate surface area is 591 Å². The fourth-order valence-electron chi connectivity index (χ4n) is 15.9. The molecule has 464 valence electrons. The third-order valence-corrected chi connectivity index (χ3v) is 20.3. The molecule has 19 aromatic carbocycles. The molecule has 0 aliphatic heterocycles. The van der Waals surface area contributed by atoms with Crippen molar-refractivity contribution in [1.82, 2.24) is 0 Å². The van der Waals surface area contributed by atoms with Crippen molar-refractivity contribution in [2.24, 2.45) is 0 Å². The first kappa shape index (κ1) is 47.7. The van der Waals surface area contributed by atoms with Crippen molar-refractivity contribution in [1.29, 1.82) is 0 Å². The van der Waals surface area contributed by atoms with Gasteiger partial charge in [-0.3, -0.25) is 0 Å². The molecule has 0 amide bonds. The van der Waals surface area contributed by atoms with Crippen LogP contribution in [0.25, 0.3) is 208 Å². The lowest BCUT2D eigenvalue weighted by molar-refractivity contribution is 0.669. The minimum absolute atomic E-state index is 0.128. The number of benzene rings is 19. The van der Waals surface area contributed by atoms with E-state index >= 15 is 0 Å². The molecule has 2 nitrogen and oxygen atoms in total. The van der Waals surface area contributed by atoms with Crippen molar-refractivity contribution in [2.75, 3.05) is 0 Å².